The first-order chi connectivity index (χ1) is 8.97. The zero-order valence-electron chi connectivity index (χ0n) is 11.1. The number of hydrogen-bond donors (Lipinski definition) is 4. The summed E-state index contributed by atoms with van der Waals surface area (Å²) in [5, 5.41) is 11.2. The Morgan fingerprint density at radius 2 is 2.05 bits per heavy atom. The molecule has 0 radical (unpaired) electrons. The van der Waals surface area contributed by atoms with Crippen LogP contribution in [0.3, 0.4) is 0 Å². The highest BCUT2D eigenvalue weighted by molar-refractivity contribution is 5.79. The molecule has 110 valence electrons. The van der Waals surface area contributed by atoms with Gasteiger partial charge in [-0.2, -0.15) is 0 Å². The summed E-state index contributed by atoms with van der Waals surface area (Å²) in [4.78, 5) is 26.0. The molecule has 8 heteroatoms. The Morgan fingerprint density at radius 1 is 1.37 bits per heavy atom. The molecule has 0 spiro atoms. The number of aliphatic imine (C=N–C) groups is 1. The van der Waals surface area contributed by atoms with E-state index in [9.17, 15) is 9.59 Å². The molecule has 0 aromatic carbocycles. The summed E-state index contributed by atoms with van der Waals surface area (Å²) in [6.45, 7) is 2.56. The van der Waals surface area contributed by atoms with Crippen molar-refractivity contribution < 1.29 is 19.4 Å². The van der Waals surface area contributed by atoms with Gasteiger partial charge in [0.2, 0.25) is 0 Å². The molecule has 0 rings (SSSR count). The number of nitrogens with zero attached hydrogens (tertiary/aromatic N) is 1. The standard InChI is InChI=1S/C11H22N4O4/c1-2-3-7-19-11(18)15-8(9(16)17)5-4-6-14-10(12)13/h8H,2-7H2,1H3,(H,15,18)(H,16,17)(H4,12,13,14)/t8-/m1/s1. The molecular weight excluding hydrogens is 252 g/mol. The second-order valence-corrected chi connectivity index (χ2v) is 3.97. The van der Waals surface area contributed by atoms with Crippen LogP contribution in [-0.4, -0.2) is 42.3 Å². The third kappa shape index (κ3) is 9.69. The number of alkyl carbamates (subject to hydrolysis) is 1. The molecule has 0 aromatic heterocycles. The second-order valence-electron chi connectivity index (χ2n) is 3.97. The molecule has 0 saturated heterocycles. The number of amides is 1. The Labute approximate surface area is 112 Å². The van der Waals surface area contributed by atoms with E-state index in [-0.39, 0.29) is 19.0 Å². The first-order valence-electron chi connectivity index (χ1n) is 6.18. The lowest BCUT2D eigenvalue weighted by atomic mass is 10.1. The van der Waals surface area contributed by atoms with Crippen LogP contribution >= 0.6 is 0 Å². The molecule has 0 aromatic rings. The fourth-order valence-electron chi connectivity index (χ4n) is 1.25. The summed E-state index contributed by atoms with van der Waals surface area (Å²) >= 11 is 0. The van der Waals surface area contributed by atoms with Crippen LogP contribution in [0, 0.1) is 0 Å². The Balaban J connectivity index is 4.01. The normalized spacial score (nSPS) is 11.4. The zero-order valence-corrected chi connectivity index (χ0v) is 11.1. The summed E-state index contributed by atoms with van der Waals surface area (Å²) in [6.07, 6.45) is 1.60. The fourth-order valence-corrected chi connectivity index (χ4v) is 1.25. The monoisotopic (exact) mass is 274 g/mol. The van der Waals surface area contributed by atoms with E-state index in [2.05, 4.69) is 10.3 Å². The summed E-state index contributed by atoms with van der Waals surface area (Å²) in [7, 11) is 0. The fraction of sp³-hybridized carbons (Fsp3) is 0.727. The van der Waals surface area contributed by atoms with Crippen LogP contribution in [0.15, 0.2) is 4.99 Å². The van der Waals surface area contributed by atoms with Crippen LogP contribution in [0.1, 0.15) is 32.6 Å². The van der Waals surface area contributed by atoms with Crippen molar-refractivity contribution >= 4 is 18.0 Å². The first-order valence-corrected chi connectivity index (χ1v) is 6.18. The molecule has 0 aliphatic carbocycles. The maximum atomic E-state index is 11.3. The topological polar surface area (TPSA) is 140 Å². The van der Waals surface area contributed by atoms with Gasteiger partial charge in [-0.15, -0.1) is 0 Å². The quantitative estimate of drug-likeness (QED) is 0.265. The minimum Gasteiger partial charge on any atom is -0.480 e. The highest BCUT2D eigenvalue weighted by Crippen LogP contribution is 1.99. The number of unbranched alkanes of at least 4 members (excludes halogenated alkanes) is 1. The van der Waals surface area contributed by atoms with Gasteiger partial charge in [0.05, 0.1) is 6.61 Å². The molecule has 0 fully saturated rings. The molecule has 0 bridgehead atoms. The van der Waals surface area contributed by atoms with Gasteiger partial charge in [-0.3, -0.25) is 4.99 Å². The van der Waals surface area contributed by atoms with Crippen molar-refractivity contribution in [1.29, 1.82) is 0 Å². The van der Waals surface area contributed by atoms with Crippen LogP contribution in [0.25, 0.3) is 0 Å². The summed E-state index contributed by atoms with van der Waals surface area (Å²) in [5.41, 5.74) is 10.3. The van der Waals surface area contributed by atoms with Gasteiger partial charge in [-0.1, -0.05) is 13.3 Å². The van der Waals surface area contributed by atoms with Gasteiger partial charge in [0.25, 0.3) is 0 Å². The van der Waals surface area contributed by atoms with Crippen molar-refractivity contribution in [2.45, 2.75) is 38.6 Å². The molecular formula is C11H22N4O4. The molecule has 0 aliphatic heterocycles. The molecule has 0 aliphatic rings. The maximum absolute atomic E-state index is 11.3. The zero-order chi connectivity index (χ0) is 14.7. The van der Waals surface area contributed by atoms with Gasteiger partial charge >= 0.3 is 12.1 Å². The molecule has 19 heavy (non-hydrogen) atoms. The van der Waals surface area contributed by atoms with Gasteiger partial charge in [0.15, 0.2) is 5.96 Å². The van der Waals surface area contributed by atoms with Gasteiger partial charge < -0.3 is 26.6 Å². The van der Waals surface area contributed by atoms with E-state index in [4.69, 9.17) is 21.3 Å². The van der Waals surface area contributed by atoms with E-state index < -0.39 is 18.1 Å². The molecule has 0 heterocycles. The predicted molar refractivity (Wildman–Crippen MR) is 70.7 cm³/mol. The lowest BCUT2D eigenvalue weighted by Crippen LogP contribution is -2.41. The maximum Gasteiger partial charge on any atom is 0.407 e. The number of hydrogen-bond acceptors (Lipinski definition) is 4. The third-order valence-corrected chi connectivity index (χ3v) is 2.27. The van der Waals surface area contributed by atoms with E-state index in [1.54, 1.807) is 0 Å². The van der Waals surface area contributed by atoms with Crippen LogP contribution < -0.4 is 16.8 Å². The van der Waals surface area contributed by atoms with Gasteiger partial charge in [0.1, 0.15) is 6.04 Å². The Bertz CT molecular complexity index is 316. The molecule has 6 N–H and O–H groups in total. The number of carbonyl (C=O) groups excluding carboxylic acids is 1. The van der Waals surface area contributed by atoms with E-state index in [1.165, 1.54) is 0 Å². The van der Waals surface area contributed by atoms with E-state index in [0.717, 1.165) is 12.8 Å². The van der Waals surface area contributed by atoms with Crippen molar-refractivity contribution in [2.24, 2.45) is 16.5 Å². The molecule has 8 nitrogen and oxygen atoms in total. The van der Waals surface area contributed by atoms with Crippen molar-refractivity contribution in [3.63, 3.8) is 0 Å². The highest BCUT2D eigenvalue weighted by atomic mass is 16.5. The first kappa shape index (κ1) is 17.0. The molecule has 0 unspecified atom stereocenters. The lowest BCUT2D eigenvalue weighted by Gasteiger charge is -2.13. The number of carbonyl (C=O) groups is 2. The van der Waals surface area contributed by atoms with E-state index >= 15 is 0 Å². The van der Waals surface area contributed by atoms with Crippen LogP contribution in [0.4, 0.5) is 4.79 Å². The van der Waals surface area contributed by atoms with Crippen molar-refractivity contribution in [3.8, 4) is 0 Å². The Morgan fingerprint density at radius 3 is 2.58 bits per heavy atom. The average Bonchev–Trinajstić information content (AvgIpc) is 2.32. The number of rotatable bonds is 9. The number of nitrogens with one attached hydrogen (secondary N) is 1. The smallest absolute Gasteiger partial charge is 0.407 e. The van der Waals surface area contributed by atoms with Crippen LogP contribution in [-0.2, 0) is 9.53 Å². The second kappa shape index (κ2) is 9.98. The summed E-state index contributed by atoms with van der Waals surface area (Å²) in [5.74, 6) is -1.16. The number of ether oxygens (including phenoxy) is 1. The lowest BCUT2D eigenvalue weighted by molar-refractivity contribution is -0.139. The number of guanidine groups is 1. The van der Waals surface area contributed by atoms with Crippen molar-refractivity contribution in [1.82, 2.24) is 5.32 Å². The van der Waals surface area contributed by atoms with Gasteiger partial charge in [-0.25, -0.2) is 9.59 Å². The molecule has 1 amide bonds. The van der Waals surface area contributed by atoms with Gasteiger partial charge in [-0.05, 0) is 19.3 Å². The molecule has 0 saturated carbocycles. The number of carboxylic acid groups (broad SMARTS) is 1. The van der Waals surface area contributed by atoms with E-state index in [0.29, 0.717) is 13.0 Å². The minimum absolute atomic E-state index is 0.0428. The highest BCUT2D eigenvalue weighted by Gasteiger charge is 2.19. The average molecular weight is 274 g/mol. The Kier molecular flexibility index (Phi) is 8.94. The number of carboxylic acids is 1. The third-order valence-electron chi connectivity index (χ3n) is 2.27. The van der Waals surface area contributed by atoms with Crippen LogP contribution in [0.2, 0.25) is 0 Å². The summed E-state index contributed by atoms with van der Waals surface area (Å²) in [6, 6.07) is -0.997. The number of nitrogens with two attached hydrogens (primary N) is 2. The van der Waals surface area contributed by atoms with E-state index in [1.807, 2.05) is 6.92 Å². The minimum atomic E-state index is -1.11. The van der Waals surface area contributed by atoms with Crippen LogP contribution in [0.5, 0.6) is 0 Å². The van der Waals surface area contributed by atoms with Gasteiger partial charge in [0, 0.05) is 6.54 Å². The Hall–Kier alpha value is -1.99. The number of aliphatic carboxylic acids is 1. The summed E-state index contributed by atoms with van der Waals surface area (Å²) < 4.78 is 4.83. The van der Waals surface area contributed by atoms with Crippen molar-refractivity contribution in [3.05, 3.63) is 0 Å². The predicted octanol–water partition coefficient (Wildman–Crippen LogP) is 0.0195. The SMILES string of the molecule is CCCCOC(=O)N[C@H](CCCN=C(N)N)C(=O)O. The van der Waals surface area contributed by atoms with Crippen molar-refractivity contribution in [2.75, 3.05) is 13.2 Å². The largest absolute Gasteiger partial charge is 0.480 e. The molecule has 1 atom stereocenters.